The summed E-state index contributed by atoms with van der Waals surface area (Å²) in [6, 6.07) is 11.3. The largest absolute Gasteiger partial charge is 0.387 e. The zero-order valence-corrected chi connectivity index (χ0v) is 13.9. The molecule has 23 heavy (non-hydrogen) atoms. The summed E-state index contributed by atoms with van der Waals surface area (Å²) in [7, 11) is 0. The Balaban J connectivity index is 0.00000127. The molecule has 1 aromatic heterocycles. The molecule has 124 valence electrons. The molecule has 0 aliphatic carbocycles. The van der Waals surface area contributed by atoms with Gasteiger partial charge in [-0.3, -0.25) is 4.79 Å². The number of benzene rings is 1. The lowest BCUT2D eigenvalue weighted by molar-refractivity contribution is 0.174. The first-order valence-electron chi connectivity index (χ1n) is 7.98. The number of pyridine rings is 1. The number of aliphatic hydroxyl groups excluding tert-OH is 1. The molecule has 1 aromatic carbocycles. The molecular formula is C19H26N2O2. The van der Waals surface area contributed by atoms with Gasteiger partial charge in [0.25, 0.3) is 0 Å². The number of hydrogen-bond acceptors (Lipinski definition) is 3. The van der Waals surface area contributed by atoms with Crippen molar-refractivity contribution in [2.45, 2.75) is 26.4 Å². The van der Waals surface area contributed by atoms with Crippen LogP contribution < -0.4 is 10.9 Å². The highest BCUT2D eigenvalue weighted by molar-refractivity contribution is 5.47. The van der Waals surface area contributed by atoms with E-state index < -0.39 is 6.10 Å². The second kappa shape index (κ2) is 10.5. The van der Waals surface area contributed by atoms with E-state index in [2.05, 4.69) is 29.0 Å². The third kappa shape index (κ3) is 6.63. The first kappa shape index (κ1) is 18.9. The number of aliphatic hydroxyl groups is 1. The zero-order chi connectivity index (χ0) is 17.1. The van der Waals surface area contributed by atoms with Crippen LogP contribution in [0.2, 0.25) is 0 Å². The number of H-pyrrole nitrogens is 1. The highest BCUT2D eigenvalue weighted by atomic mass is 16.3. The molecular weight excluding hydrogens is 288 g/mol. The summed E-state index contributed by atoms with van der Waals surface area (Å²) in [4.78, 5) is 13.5. The van der Waals surface area contributed by atoms with Crippen molar-refractivity contribution in [3.05, 3.63) is 76.2 Å². The Morgan fingerprint density at radius 3 is 2.48 bits per heavy atom. The monoisotopic (exact) mass is 314 g/mol. The summed E-state index contributed by atoms with van der Waals surface area (Å²) in [6.45, 7) is 8.97. The van der Waals surface area contributed by atoms with Gasteiger partial charge in [-0.15, -0.1) is 0 Å². The van der Waals surface area contributed by atoms with Crippen LogP contribution in [0.4, 0.5) is 0 Å². The molecule has 4 heteroatoms. The topological polar surface area (TPSA) is 65.1 Å². The summed E-state index contributed by atoms with van der Waals surface area (Å²) in [5.41, 5.74) is 2.89. The third-order valence-electron chi connectivity index (χ3n) is 3.34. The Morgan fingerprint density at radius 1 is 1.22 bits per heavy atom. The van der Waals surface area contributed by atoms with Gasteiger partial charge in [0.15, 0.2) is 0 Å². The zero-order valence-electron chi connectivity index (χ0n) is 13.9. The van der Waals surface area contributed by atoms with Gasteiger partial charge in [0, 0.05) is 18.8 Å². The van der Waals surface area contributed by atoms with E-state index in [1.54, 1.807) is 12.3 Å². The summed E-state index contributed by atoms with van der Waals surface area (Å²) >= 11 is 0. The lowest BCUT2D eigenvalue weighted by Crippen LogP contribution is -2.24. The minimum absolute atomic E-state index is 0.165. The average molecular weight is 314 g/mol. The van der Waals surface area contributed by atoms with E-state index in [4.69, 9.17) is 0 Å². The maximum absolute atomic E-state index is 10.9. The van der Waals surface area contributed by atoms with Crippen molar-refractivity contribution in [1.82, 2.24) is 10.3 Å². The molecule has 1 heterocycles. The summed E-state index contributed by atoms with van der Waals surface area (Å²) in [5, 5.41) is 13.2. The molecule has 4 nitrogen and oxygen atoms in total. The van der Waals surface area contributed by atoms with Gasteiger partial charge in [-0.2, -0.15) is 0 Å². The van der Waals surface area contributed by atoms with E-state index in [0.717, 1.165) is 18.5 Å². The van der Waals surface area contributed by atoms with E-state index in [-0.39, 0.29) is 5.56 Å². The molecule has 2 rings (SSSR count). The van der Waals surface area contributed by atoms with Crippen LogP contribution in [0.25, 0.3) is 6.08 Å². The fourth-order valence-corrected chi connectivity index (χ4v) is 2.04. The van der Waals surface area contributed by atoms with Gasteiger partial charge in [-0.1, -0.05) is 50.8 Å². The van der Waals surface area contributed by atoms with Gasteiger partial charge in [0.2, 0.25) is 5.56 Å². The Hall–Kier alpha value is -2.17. The Morgan fingerprint density at radius 2 is 1.91 bits per heavy atom. The highest BCUT2D eigenvalue weighted by Crippen LogP contribution is 2.08. The minimum Gasteiger partial charge on any atom is -0.387 e. The first-order chi connectivity index (χ1) is 11.2. The minimum atomic E-state index is -0.620. The van der Waals surface area contributed by atoms with Crippen LogP contribution in [0.1, 0.15) is 36.6 Å². The molecule has 3 N–H and O–H groups in total. The summed E-state index contributed by atoms with van der Waals surface area (Å²) < 4.78 is 0. The fraction of sp³-hybridized carbons (Fsp3) is 0.316. The Bertz CT molecular complexity index is 612. The van der Waals surface area contributed by atoms with Gasteiger partial charge in [-0.05, 0) is 35.7 Å². The van der Waals surface area contributed by atoms with Gasteiger partial charge in [0.05, 0.1) is 6.10 Å². The first-order valence-corrected chi connectivity index (χ1v) is 7.98. The van der Waals surface area contributed by atoms with E-state index in [1.165, 1.54) is 11.6 Å². The maximum atomic E-state index is 10.9. The second-order valence-corrected chi connectivity index (χ2v) is 4.90. The van der Waals surface area contributed by atoms with Gasteiger partial charge in [-0.25, -0.2) is 0 Å². The highest BCUT2D eigenvalue weighted by Gasteiger charge is 2.06. The van der Waals surface area contributed by atoms with Crippen molar-refractivity contribution in [1.29, 1.82) is 0 Å². The van der Waals surface area contributed by atoms with E-state index in [0.29, 0.717) is 12.1 Å². The number of nitrogens with one attached hydrogen (secondary N) is 2. The normalized spacial score (nSPS) is 11.3. The molecule has 0 bridgehead atoms. The van der Waals surface area contributed by atoms with Crippen LogP contribution in [-0.4, -0.2) is 23.2 Å². The van der Waals surface area contributed by atoms with E-state index in [1.807, 2.05) is 32.1 Å². The molecule has 0 saturated heterocycles. The van der Waals surface area contributed by atoms with Crippen LogP contribution in [0.5, 0.6) is 0 Å². The lowest BCUT2D eigenvalue weighted by atomic mass is 10.1. The smallest absolute Gasteiger partial charge is 0.247 e. The van der Waals surface area contributed by atoms with Crippen LogP contribution in [0, 0.1) is 0 Å². The predicted octanol–water partition coefficient (Wildman–Crippen LogP) is 2.91. The molecule has 0 spiro atoms. The van der Waals surface area contributed by atoms with Crippen LogP contribution in [-0.2, 0) is 6.42 Å². The molecule has 1 unspecified atom stereocenters. The number of aromatic amines is 1. The quantitative estimate of drug-likeness (QED) is 0.689. The molecule has 0 aliphatic heterocycles. The average Bonchev–Trinajstić information content (AvgIpc) is 2.61. The van der Waals surface area contributed by atoms with Crippen molar-refractivity contribution in [3.8, 4) is 0 Å². The number of aromatic nitrogens is 1. The Kier molecular flexibility index (Phi) is 8.65. The molecule has 0 fully saturated rings. The number of hydrogen-bond donors (Lipinski definition) is 3. The summed E-state index contributed by atoms with van der Waals surface area (Å²) in [5.74, 6) is 0. The second-order valence-electron chi connectivity index (χ2n) is 4.90. The van der Waals surface area contributed by atoms with Crippen LogP contribution >= 0.6 is 0 Å². The Labute approximate surface area is 137 Å². The van der Waals surface area contributed by atoms with Crippen molar-refractivity contribution >= 4 is 6.08 Å². The van der Waals surface area contributed by atoms with Crippen molar-refractivity contribution in [2.24, 2.45) is 0 Å². The van der Waals surface area contributed by atoms with Gasteiger partial charge in [0.1, 0.15) is 0 Å². The van der Waals surface area contributed by atoms with Gasteiger partial charge < -0.3 is 15.4 Å². The molecule has 1 atom stereocenters. The van der Waals surface area contributed by atoms with Crippen molar-refractivity contribution < 1.29 is 5.11 Å². The standard InChI is InChI=1S/C17H20N2O2.C2H6/c1-2-13-3-5-14(6-4-13)9-10-18-12-16(20)15-7-8-17(21)19-11-15;1-2/h2-8,11,16,18,20H,1,9-10,12H2,(H,19,21);1-2H3. The van der Waals surface area contributed by atoms with Crippen molar-refractivity contribution in [2.75, 3.05) is 13.1 Å². The van der Waals surface area contributed by atoms with E-state index >= 15 is 0 Å². The van der Waals surface area contributed by atoms with Crippen LogP contribution in [0.3, 0.4) is 0 Å². The maximum Gasteiger partial charge on any atom is 0.247 e. The molecule has 0 saturated carbocycles. The predicted molar refractivity (Wildman–Crippen MR) is 96.5 cm³/mol. The third-order valence-corrected chi connectivity index (χ3v) is 3.34. The van der Waals surface area contributed by atoms with E-state index in [9.17, 15) is 9.90 Å². The molecule has 0 radical (unpaired) electrons. The summed E-state index contributed by atoms with van der Waals surface area (Å²) in [6.07, 6.45) is 3.64. The van der Waals surface area contributed by atoms with Gasteiger partial charge >= 0.3 is 0 Å². The molecule has 0 amide bonds. The van der Waals surface area contributed by atoms with Crippen molar-refractivity contribution in [3.63, 3.8) is 0 Å². The molecule has 0 aliphatic rings. The lowest BCUT2D eigenvalue weighted by Gasteiger charge is -2.11. The van der Waals surface area contributed by atoms with Crippen LogP contribution in [0.15, 0.2) is 54.0 Å². The number of rotatable bonds is 7. The SMILES string of the molecule is C=Cc1ccc(CCNCC(O)c2ccc(=O)[nH]c2)cc1.CC. The fourth-order valence-electron chi connectivity index (χ4n) is 2.04. The molecule has 2 aromatic rings.